The highest BCUT2D eigenvalue weighted by Gasteiger charge is 2.05. The van der Waals surface area contributed by atoms with Gasteiger partial charge in [0.2, 0.25) is 0 Å². The highest BCUT2D eigenvalue weighted by atomic mass is 79.9. The highest BCUT2D eigenvalue weighted by Crippen LogP contribution is 2.31. The fourth-order valence-electron chi connectivity index (χ4n) is 1.32. The molecular weight excluding hydrogens is 249 g/mol. The van der Waals surface area contributed by atoms with Crippen LogP contribution >= 0.6 is 27.5 Å². The standard InChI is InChI=1S/C10H7BrClN/c1-6-4-9(11)7-2-3-13-5-8(7)10(6)12/h2-5H,1H3. The Kier molecular flexibility index (Phi) is 2.26. The summed E-state index contributed by atoms with van der Waals surface area (Å²) in [7, 11) is 0. The molecule has 0 amide bonds. The average Bonchev–Trinajstić information content (AvgIpc) is 2.15. The maximum atomic E-state index is 6.14. The van der Waals surface area contributed by atoms with Crippen molar-refractivity contribution >= 4 is 38.3 Å². The van der Waals surface area contributed by atoms with Gasteiger partial charge >= 0.3 is 0 Å². The van der Waals surface area contributed by atoms with E-state index in [0.717, 1.165) is 25.8 Å². The molecule has 0 saturated carbocycles. The van der Waals surface area contributed by atoms with Crippen molar-refractivity contribution in [1.29, 1.82) is 0 Å². The van der Waals surface area contributed by atoms with Crippen LogP contribution < -0.4 is 0 Å². The van der Waals surface area contributed by atoms with Crippen molar-refractivity contribution in [3.05, 3.63) is 39.6 Å². The topological polar surface area (TPSA) is 12.9 Å². The summed E-state index contributed by atoms with van der Waals surface area (Å²) in [6.45, 7) is 1.99. The van der Waals surface area contributed by atoms with E-state index in [1.165, 1.54) is 0 Å². The van der Waals surface area contributed by atoms with Gasteiger partial charge in [-0.2, -0.15) is 0 Å². The zero-order chi connectivity index (χ0) is 9.42. The van der Waals surface area contributed by atoms with E-state index in [9.17, 15) is 0 Å². The van der Waals surface area contributed by atoms with Gasteiger partial charge in [0, 0.05) is 27.6 Å². The van der Waals surface area contributed by atoms with E-state index in [1.807, 2.05) is 19.1 Å². The van der Waals surface area contributed by atoms with Gasteiger partial charge in [-0.1, -0.05) is 27.5 Å². The van der Waals surface area contributed by atoms with Crippen LogP contribution in [0.5, 0.6) is 0 Å². The van der Waals surface area contributed by atoms with Gasteiger partial charge in [-0.15, -0.1) is 0 Å². The smallest absolute Gasteiger partial charge is 0.0529 e. The van der Waals surface area contributed by atoms with Gasteiger partial charge in [0.25, 0.3) is 0 Å². The molecular formula is C10H7BrClN. The Morgan fingerprint density at radius 2 is 2.15 bits per heavy atom. The molecule has 66 valence electrons. The third-order valence-corrected chi connectivity index (χ3v) is 3.16. The van der Waals surface area contributed by atoms with Gasteiger partial charge < -0.3 is 0 Å². The summed E-state index contributed by atoms with van der Waals surface area (Å²) in [4.78, 5) is 4.05. The number of rotatable bonds is 0. The molecule has 1 aromatic heterocycles. The Morgan fingerprint density at radius 1 is 1.38 bits per heavy atom. The first-order chi connectivity index (χ1) is 6.20. The van der Waals surface area contributed by atoms with Crippen LogP contribution in [-0.4, -0.2) is 4.98 Å². The minimum atomic E-state index is 0.784. The summed E-state index contributed by atoms with van der Waals surface area (Å²) in [6, 6.07) is 3.97. The molecule has 0 fully saturated rings. The van der Waals surface area contributed by atoms with E-state index in [0.29, 0.717) is 0 Å². The Hall–Kier alpha value is -0.600. The van der Waals surface area contributed by atoms with Crippen molar-refractivity contribution in [1.82, 2.24) is 4.98 Å². The zero-order valence-electron chi connectivity index (χ0n) is 7.01. The molecule has 0 radical (unpaired) electrons. The lowest BCUT2D eigenvalue weighted by Gasteiger charge is -2.05. The highest BCUT2D eigenvalue weighted by molar-refractivity contribution is 9.10. The fraction of sp³-hybridized carbons (Fsp3) is 0.100. The number of aromatic nitrogens is 1. The minimum absolute atomic E-state index is 0.784. The predicted molar refractivity (Wildman–Crippen MR) is 59.2 cm³/mol. The van der Waals surface area contributed by atoms with Crippen LogP contribution in [0.1, 0.15) is 5.56 Å². The van der Waals surface area contributed by atoms with Crippen molar-refractivity contribution in [2.45, 2.75) is 6.92 Å². The second kappa shape index (κ2) is 3.28. The molecule has 0 N–H and O–H groups in total. The number of hydrogen-bond acceptors (Lipinski definition) is 1. The van der Waals surface area contributed by atoms with E-state index in [-0.39, 0.29) is 0 Å². The van der Waals surface area contributed by atoms with Crippen molar-refractivity contribution < 1.29 is 0 Å². The molecule has 0 spiro atoms. The molecule has 0 bridgehead atoms. The van der Waals surface area contributed by atoms with E-state index >= 15 is 0 Å². The van der Waals surface area contributed by atoms with Gasteiger partial charge in [-0.25, -0.2) is 0 Å². The summed E-state index contributed by atoms with van der Waals surface area (Å²) in [5.41, 5.74) is 1.06. The third kappa shape index (κ3) is 1.45. The van der Waals surface area contributed by atoms with Crippen molar-refractivity contribution in [3.8, 4) is 0 Å². The maximum absolute atomic E-state index is 6.14. The Bertz CT molecular complexity index is 468. The molecule has 1 heterocycles. The van der Waals surface area contributed by atoms with Crippen LogP contribution in [0.25, 0.3) is 10.8 Å². The fourth-order valence-corrected chi connectivity index (χ4v) is 2.22. The summed E-state index contributed by atoms with van der Waals surface area (Å²) < 4.78 is 1.06. The number of pyridine rings is 1. The molecule has 2 aromatic rings. The molecule has 1 aromatic carbocycles. The van der Waals surface area contributed by atoms with Crippen LogP contribution in [0.2, 0.25) is 5.02 Å². The second-order valence-corrected chi connectivity index (χ2v) is 4.14. The summed E-state index contributed by atoms with van der Waals surface area (Å²) in [5, 5.41) is 2.88. The Balaban J connectivity index is 2.97. The van der Waals surface area contributed by atoms with Crippen LogP contribution in [0.15, 0.2) is 29.0 Å². The van der Waals surface area contributed by atoms with Crippen LogP contribution in [0.4, 0.5) is 0 Å². The molecule has 3 heteroatoms. The number of benzene rings is 1. The molecule has 0 aliphatic heterocycles. The lowest BCUT2D eigenvalue weighted by molar-refractivity contribution is 1.35. The normalized spacial score (nSPS) is 10.7. The van der Waals surface area contributed by atoms with Gasteiger partial charge in [-0.3, -0.25) is 4.98 Å². The van der Waals surface area contributed by atoms with E-state index in [2.05, 4.69) is 20.9 Å². The quantitative estimate of drug-likeness (QED) is 0.695. The first-order valence-corrected chi connectivity index (χ1v) is 5.05. The molecule has 0 atom stereocenters. The Labute approximate surface area is 89.9 Å². The van der Waals surface area contributed by atoms with Crippen LogP contribution in [-0.2, 0) is 0 Å². The van der Waals surface area contributed by atoms with Crippen molar-refractivity contribution in [2.75, 3.05) is 0 Å². The van der Waals surface area contributed by atoms with Gasteiger partial charge in [0.1, 0.15) is 0 Å². The van der Waals surface area contributed by atoms with Gasteiger partial charge in [-0.05, 0) is 24.6 Å². The molecule has 0 unspecified atom stereocenters. The SMILES string of the molecule is Cc1cc(Br)c2ccncc2c1Cl. The lowest BCUT2D eigenvalue weighted by Crippen LogP contribution is -1.82. The largest absolute Gasteiger partial charge is 0.264 e. The lowest BCUT2D eigenvalue weighted by atomic mass is 10.1. The summed E-state index contributed by atoms with van der Waals surface area (Å²) >= 11 is 9.63. The Morgan fingerprint density at radius 3 is 2.92 bits per heavy atom. The summed E-state index contributed by atoms with van der Waals surface area (Å²) in [6.07, 6.45) is 3.55. The van der Waals surface area contributed by atoms with Crippen LogP contribution in [0, 0.1) is 6.92 Å². The van der Waals surface area contributed by atoms with Crippen molar-refractivity contribution in [3.63, 3.8) is 0 Å². The molecule has 13 heavy (non-hydrogen) atoms. The van der Waals surface area contributed by atoms with E-state index in [4.69, 9.17) is 11.6 Å². The average molecular weight is 257 g/mol. The number of aryl methyl sites for hydroxylation is 1. The zero-order valence-corrected chi connectivity index (χ0v) is 9.35. The van der Waals surface area contributed by atoms with E-state index < -0.39 is 0 Å². The van der Waals surface area contributed by atoms with E-state index in [1.54, 1.807) is 12.4 Å². The summed E-state index contributed by atoms with van der Waals surface area (Å²) in [5.74, 6) is 0. The van der Waals surface area contributed by atoms with Crippen molar-refractivity contribution in [2.24, 2.45) is 0 Å². The first kappa shape index (κ1) is 8.97. The monoisotopic (exact) mass is 255 g/mol. The van der Waals surface area contributed by atoms with Gasteiger partial charge in [0.05, 0.1) is 5.02 Å². The molecule has 2 rings (SSSR count). The molecule has 0 saturated heterocycles. The molecule has 1 nitrogen and oxygen atoms in total. The predicted octanol–water partition coefficient (Wildman–Crippen LogP) is 3.96. The number of fused-ring (bicyclic) bond motifs is 1. The minimum Gasteiger partial charge on any atom is -0.264 e. The molecule has 0 aliphatic carbocycles. The second-order valence-electron chi connectivity index (χ2n) is 2.91. The number of nitrogens with zero attached hydrogens (tertiary/aromatic N) is 1. The molecule has 0 aliphatic rings. The third-order valence-electron chi connectivity index (χ3n) is 2.00. The first-order valence-electron chi connectivity index (χ1n) is 3.88. The number of halogens is 2. The van der Waals surface area contributed by atoms with Gasteiger partial charge in [0.15, 0.2) is 0 Å². The maximum Gasteiger partial charge on any atom is 0.0529 e. The number of hydrogen-bond donors (Lipinski definition) is 0. The van der Waals surface area contributed by atoms with Crippen LogP contribution in [0.3, 0.4) is 0 Å².